The van der Waals surface area contributed by atoms with E-state index in [9.17, 15) is 0 Å². The Morgan fingerprint density at radius 1 is 1.14 bits per heavy atom. The minimum atomic E-state index is 0.435. The van der Waals surface area contributed by atoms with Crippen LogP contribution < -0.4 is 5.73 Å². The maximum absolute atomic E-state index is 5.95. The zero-order chi connectivity index (χ0) is 9.80. The lowest BCUT2D eigenvalue weighted by Gasteiger charge is -2.23. The molecular formula is C11H22N2O. The summed E-state index contributed by atoms with van der Waals surface area (Å²) in [5.41, 5.74) is 5.95. The van der Waals surface area contributed by atoms with Crippen LogP contribution in [-0.2, 0) is 4.74 Å². The highest BCUT2D eigenvalue weighted by atomic mass is 16.5. The summed E-state index contributed by atoms with van der Waals surface area (Å²) in [6, 6.07) is 0.435. The number of nitrogens with zero attached hydrogens (tertiary/aromatic N) is 1. The lowest BCUT2D eigenvalue weighted by atomic mass is 10.1. The van der Waals surface area contributed by atoms with Crippen LogP contribution in [0.1, 0.15) is 32.1 Å². The number of rotatable bonds is 2. The van der Waals surface area contributed by atoms with E-state index < -0.39 is 0 Å². The van der Waals surface area contributed by atoms with Crippen molar-refractivity contribution in [3.63, 3.8) is 0 Å². The predicted molar refractivity (Wildman–Crippen MR) is 57.2 cm³/mol. The summed E-state index contributed by atoms with van der Waals surface area (Å²) in [4.78, 5) is 2.53. The van der Waals surface area contributed by atoms with Crippen LogP contribution in [0.15, 0.2) is 0 Å². The van der Waals surface area contributed by atoms with Gasteiger partial charge < -0.3 is 15.4 Å². The standard InChI is InChI=1S/C11H22N2O/c12-10-3-1-6-13(7-5-10)9-11-4-2-8-14-11/h10-11H,1-9,12H2. The average molecular weight is 198 g/mol. The summed E-state index contributed by atoms with van der Waals surface area (Å²) >= 11 is 0. The Hall–Kier alpha value is -0.120. The molecule has 0 aromatic carbocycles. The van der Waals surface area contributed by atoms with Gasteiger partial charge in [-0.1, -0.05) is 0 Å². The molecular weight excluding hydrogens is 176 g/mol. The van der Waals surface area contributed by atoms with E-state index in [0.29, 0.717) is 12.1 Å². The van der Waals surface area contributed by atoms with Gasteiger partial charge in [-0.2, -0.15) is 0 Å². The highest BCUT2D eigenvalue weighted by molar-refractivity contribution is 4.75. The SMILES string of the molecule is NC1CCCN(CC2CCCO2)CC1. The van der Waals surface area contributed by atoms with Gasteiger partial charge in [-0.3, -0.25) is 0 Å². The van der Waals surface area contributed by atoms with E-state index in [1.54, 1.807) is 0 Å². The zero-order valence-electron chi connectivity index (χ0n) is 8.95. The molecule has 82 valence electrons. The van der Waals surface area contributed by atoms with Crippen molar-refractivity contribution >= 4 is 0 Å². The first kappa shape index (κ1) is 10.4. The van der Waals surface area contributed by atoms with Crippen molar-refractivity contribution < 1.29 is 4.74 Å². The number of ether oxygens (including phenoxy) is 1. The summed E-state index contributed by atoms with van der Waals surface area (Å²) in [6.45, 7) is 4.49. The van der Waals surface area contributed by atoms with Gasteiger partial charge in [0.2, 0.25) is 0 Å². The quantitative estimate of drug-likeness (QED) is 0.719. The molecule has 0 spiro atoms. The first-order chi connectivity index (χ1) is 6.84. The topological polar surface area (TPSA) is 38.5 Å². The van der Waals surface area contributed by atoms with Crippen molar-refractivity contribution in [3.05, 3.63) is 0 Å². The molecule has 3 heteroatoms. The monoisotopic (exact) mass is 198 g/mol. The Labute approximate surface area is 86.6 Å². The van der Waals surface area contributed by atoms with Crippen molar-refractivity contribution in [3.8, 4) is 0 Å². The molecule has 2 fully saturated rings. The largest absolute Gasteiger partial charge is 0.377 e. The van der Waals surface area contributed by atoms with E-state index in [1.165, 1.54) is 38.8 Å². The van der Waals surface area contributed by atoms with Gasteiger partial charge in [-0.05, 0) is 45.2 Å². The fraction of sp³-hybridized carbons (Fsp3) is 1.00. The van der Waals surface area contributed by atoms with Crippen LogP contribution >= 0.6 is 0 Å². The van der Waals surface area contributed by atoms with Crippen LogP contribution in [0, 0.1) is 0 Å². The maximum Gasteiger partial charge on any atom is 0.0702 e. The molecule has 0 amide bonds. The third kappa shape index (κ3) is 2.94. The molecule has 0 bridgehead atoms. The van der Waals surface area contributed by atoms with Crippen LogP contribution in [0.4, 0.5) is 0 Å². The van der Waals surface area contributed by atoms with Gasteiger partial charge in [0.1, 0.15) is 0 Å². The minimum Gasteiger partial charge on any atom is -0.377 e. The van der Waals surface area contributed by atoms with E-state index in [-0.39, 0.29) is 0 Å². The molecule has 14 heavy (non-hydrogen) atoms. The van der Waals surface area contributed by atoms with Gasteiger partial charge in [0, 0.05) is 19.2 Å². The Kier molecular flexibility index (Phi) is 3.79. The molecule has 0 radical (unpaired) electrons. The van der Waals surface area contributed by atoms with Gasteiger partial charge in [0.05, 0.1) is 6.10 Å². The lowest BCUT2D eigenvalue weighted by molar-refractivity contribution is 0.0742. The molecule has 0 saturated carbocycles. The molecule has 2 saturated heterocycles. The van der Waals surface area contributed by atoms with Crippen LogP contribution in [0.3, 0.4) is 0 Å². The Bertz CT molecular complexity index is 169. The molecule has 2 rings (SSSR count). The van der Waals surface area contributed by atoms with Crippen molar-refractivity contribution in [1.29, 1.82) is 0 Å². The third-order valence-corrected chi connectivity index (χ3v) is 3.35. The van der Waals surface area contributed by atoms with Crippen molar-refractivity contribution in [2.24, 2.45) is 5.73 Å². The smallest absolute Gasteiger partial charge is 0.0702 e. The molecule has 3 nitrogen and oxygen atoms in total. The Morgan fingerprint density at radius 3 is 2.86 bits per heavy atom. The Morgan fingerprint density at radius 2 is 2.07 bits per heavy atom. The van der Waals surface area contributed by atoms with Crippen LogP contribution in [0.2, 0.25) is 0 Å². The van der Waals surface area contributed by atoms with E-state index in [1.807, 2.05) is 0 Å². The summed E-state index contributed by atoms with van der Waals surface area (Å²) in [6.07, 6.45) is 6.62. The minimum absolute atomic E-state index is 0.435. The highest BCUT2D eigenvalue weighted by Gasteiger charge is 2.20. The Balaban J connectivity index is 1.73. The highest BCUT2D eigenvalue weighted by Crippen LogP contribution is 2.16. The van der Waals surface area contributed by atoms with E-state index in [2.05, 4.69) is 4.90 Å². The predicted octanol–water partition coefficient (Wildman–Crippen LogP) is 0.979. The van der Waals surface area contributed by atoms with Gasteiger partial charge in [-0.25, -0.2) is 0 Å². The normalized spacial score (nSPS) is 35.8. The molecule has 2 aliphatic rings. The first-order valence-electron chi connectivity index (χ1n) is 5.94. The summed E-state index contributed by atoms with van der Waals surface area (Å²) in [7, 11) is 0. The van der Waals surface area contributed by atoms with Gasteiger partial charge in [-0.15, -0.1) is 0 Å². The molecule has 0 aromatic rings. The fourth-order valence-corrected chi connectivity index (χ4v) is 2.44. The van der Waals surface area contributed by atoms with Crippen molar-refractivity contribution in [2.45, 2.75) is 44.2 Å². The number of likely N-dealkylation sites (tertiary alicyclic amines) is 1. The molecule has 2 aliphatic heterocycles. The summed E-state index contributed by atoms with van der Waals surface area (Å²) in [5, 5.41) is 0. The molecule has 0 aromatic heterocycles. The molecule has 2 unspecified atom stereocenters. The second kappa shape index (κ2) is 5.10. The van der Waals surface area contributed by atoms with Crippen molar-refractivity contribution in [2.75, 3.05) is 26.2 Å². The third-order valence-electron chi connectivity index (χ3n) is 3.35. The maximum atomic E-state index is 5.95. The first-order valence-corrected chi connectivity index (χ1v) is 5.94. The van der Waals surface area contributed by atoms with Crippen LogP contribution in [0.5, 0.6) is 0 Å². The summed E-state index contributed by atoms with van der Waals surface area (Å²) in [5.74, 6) is 0. The molecule has 2 N–H and O–H groups in total. The summed E-state index contributed by atoms with van der Waals surface area (Å²) < 4.78 is 5.65. The zero-order valence-corrected chi connectivity index (χ0v) is 8.95. The molecule has 0 aliphatic carbocycles. The van der Waals surface area contributed by atoms with Gasteiger partial charge in [0.25, 0.3) is 0 Å². The molecule has 2 atom stereocenters. The number of hydrogen-bond donors (Lipinski definition) is 1. The average Bonchev–Trinajstić information content (AvgIpc) is 2.58. The van der Waals surface area contributed by atoms with Gasteiger partial charge in [0.15, 0.2) is 0 Å². The van der Waals surface area contributed by atoms with Crippen LogP contribution in [0.25, 0.3) is 0 Å². The van der Waals surface area contributed by atoms with Crippen LogP contribution in [-0.4, -0.2) is 43.3 Å². The lowest BCUT2D eigenvalue weighted by Crippen LogP contribution is -2.33. The molecule has 2 heterocycles. The van der Waals surface area contributed by atoms with E-state index in [4.69, 9.17) is 10.5 Å². The van der Waals surface area contributed by atoms with E-state index >= 15 is 0 Å². The number of hydrogen-bond acceptors (Lipinski definition) is 3. The van der Waals surface area contributed by atoms with E-state index in [0.717, 1.165) is 19.6 Å². The second-order valence-electron chi connectivity index (χ2n) is 4.63. The number of nitrogens with two attached hydrogens (primary N) is 1. The fourth-order valence-electron chi connectivity index (χ4n) is 2.44. The van der Waals surface area contributed by atoms with Crippen molar-refractivity contribution in [1.82, 2.24) is 4.90 Å². The second-order valence-corrected chi connectivity index (χ2v) is 4.63. The van der Waals surface area contributed by atoms with Gasteiger partial charge >= 0.3 is 0 Å².